The number of nitrogens with zero attached hydrogens (tertiary/aromatic N) is 2. The third-order valence-electron chi connectivity index (χ3n) is 24.6. The largest absolute Gasteiger partial charge is 0.310 e. The van der Waals surface area contributed by atoms with Gasteiger partial charge in [0, 0.05) is 45.0 Å². The highest BCUT2D eigenvalue weighted by atomic mass is 15.2. The van der Waals surface area contributed by atoms with Crippen molar-refractivity contribution >= 4 is 57.2 Å². The molecule has 2 nitrogen and oxygen atoms in total. The van der Waals surface area contributed by atoms with E-state index < -0.39 is 18.2 Å². The molecule has 1 aliphatic carbocycles. The molecule has 116 heavy (non-hydrogen) atoms. The summed E-state index contributed by atoms with van der Waals surface area (Å²) in [5.41, 5.74) is 34.5. The Kier molecular flexibility index (Phi) is 16.5. The van der Waals surface area contributed by atoms with E-state index in [-0.39, 0.29) is 51.4 Å². The predicted molar refractivity (Wildman–Crippen MR) is 496 cm³/mol. The number of hydrogen-bond acceptors (Lipinski definition) is 2. The molecular weight excluding hydrogens is 1400 g/mol. The van der Waals surface area contributed by atoms with E-state index in [0.717, 1.165) is 134 Å². The molecule has 0 fully saturated rings. The molecule has 0 aromatic heterocycles. The van der Waals surface area contributed by atoms with Crippen LogP contribution in [0, 0.1) is 0 Å². The minimum atomic E-state index is -0.797. The van der Waals surface area contributed by atoms with Gasteiger partial charge in [-0.3, -0.25) is 0 Å². The lowest BCUT2D eigenvalue weighted by atomic mass is 9.33. The first kappa shape index (κ1) is 67.7. The lowest BCUT2D eigenvalue weighted by Crippen LogP contribution is -2.61. The minimum Gasteiger partial charge on any atom is -0.310 e. The van der Waals surface area contributed by atoms with Crippen molar-refractivity contribution in [2.24, 2.45) is 0 Å². The summed E-state index contributed by atoms with van der Waals surface area (Å²) in [7, 11) is 0. The second-order valence-electron chi connectivity index (χ2n) is 36.0. The number of fused-ring (bicyclic) bond motifs is 7. The van der Waals surface area contributed by atoms with Crippen molar-refractivity contribution in [1.29, 1.82) is 0 Å². The van der Waals surface area contributed by atoms with Gasteiger partial charge in [-0.2, -0.15) is 0 Å². The molecule has 0 saturated heterocycles. The van der Waals surface area contributed by atoms with Crippen molar-refractivity contribution < 1.29 is 6.85 Å². The summed E-state index contributed by atoms with van der Waals surface area (Å²) >= 11 is 0. The molecule has 0 saturated carbocycles. The van der Waals surface area contributed by atoms with Crippen LogP contribution in [-0.2, 0) is 27.1 Å². The summed E-state index contributed by atoms with van der Waals surface area (Å²) in [6.07, 6.45) is 0. The van der Waals surface area contributed by atoms with Crippen LogP contribution in [0.5, 0.6) is 0 Å². The van der Waals surface area contributed by atoms with Gasteiger partial charge in [-0.1, -0.05) is 404 Å². The van der Waals surface area contributed by atoms with E-state index in [9.17, 15) is 5.48 Å². The van der Waals surface area contributed by atoms with E-state index >= 15 is 0 Å². The molecule has 0 bridgehead atoms. The molecule has 16 aromatic carbocycles. The Morgan fingerprint density at radius 2 is 0.595 bits per heavy atom. The van der Waals surface area contributed by atoms with Gasteiger partial charge in [0.25, 0.3) is 6.71 Å². The van der Waals surface area contributed by atoms with E-state index in [0.29, 0.717) is 5.56 Å². The normalized spacial score (nSPS) is 14.8. The van der Waals surface area contributed by atoms with Crippen molar-refractivity contribution in [2.75, 3.05) is 9.80 Å². The summed E-state index contributed by atoms with van der Waals surface area (Å²) in [6, 6.07) is 125. The zero-order valence-electron chi connectivity index (χ0n) is 73.3. The minimum absolute atomic E-state index is 0.133. The van der Waals surface area contributed by atoms with Crippen molar-refractivity contribution in [2.45, 2.75) is 110 Å². The molecule has 3 aliphatic rings. The average molecular weight is 1500 g/mol. The molecule has 16 aromatic rings. The van der Waals surface area contributed by atoms with Crippen LogP contribution in [-0.4, -0.2) is 6.71 Å². The quantitative estimate of drug-likeness (QED) is 0.113. The number of anilines is 6. The monoisotopic (exact) mass is 1500 g/mol. The van der Waals surface area contributed by atoms with Crippen LogP contribution in [0.1, 0.15) is 134 Å². The molecule has 1 atom stereocenters. The highest BCUT2D eigenvalue weighted by Crippen LogP contribution is 2.61. The number of hydrogen-bond donors (Lipinski definition) is 0. The van der Waals surface area contributed by atoms with Gasteiger partial charge < -0.3 is 9.80 Å². The molecule has 0 N–H and O–H groups in total. The zero-order valence-corrected chi connectivity index (χ0v) is 68.3. The van der Waals surface area contributed by atoms with Gasteiger partial charge in [0.05, 0.1) is 23.6 Å². The van der Waals surface area contributed by atoms with Gasteiger partial charge >= 0.3 is 0 Å². The average Bonchev–Trinajstić information content (AvgIpc) is 1.68. The molecule has 3 heteroatoms. The van der Waals surface area contributed by atoms with Crippen LogP contribution in [0.2, 0.25) is 0 Å². The molecule has 0 amide bonds. The van der Waals surface area contributed by atoms with Crippen LogP contribution in [0.4, 0.5) is 34.1 Å². The summed E-state index contributed by atoms with van der Waals surface area (Å²) in [5.74, 6) is 0. The summed E-state index contributed by atoms with van der Waals surface area (Å²) < 4.78 is 47.2. The first-order chi connectivity index (χ1) is 58.1. The van der Waals surface area contributed by atoms with E-state index in [1.165, 1.54) is 50.1 Å². The predicted octanol–water partition coefficient (Wildman–Crippen LogP) is 28.7. The third-order valence-corrected chi connectivity index (χ3v) is 24.6. The van der Waals surface area contributed by atoms with E-state index in [2.05, 4.69) is 427 Å². The molecule has 1 unspecified atom stereocenters. The van der Waals surface area contributed by atoms with E-state index in [4.69, 9.17) is 1.37 Å². The topological polar surface area (TPSA) is 6.48 Å². The molecule has 0 spiro atoms. The van der Waals surface area contributed by atoms with Crippen molar-refractivity contribution in [3.63, 3.8) is 0 Å². The zero-order chi connectivity index (χ0) is 83.9. The Balaban J connectivity index is 1.01. The molecular formula is C113H97BN2. The maximum Gasteiger partial charge on any atom is 0.252 e. The Bertz CT molecular complexity index is 6590. The maximum atomic E-state index is 9.83. The Labute approximate surface area is 694 Å². The van der Waals surface area contributed by atoms with Gasteiger partial charge in [0.15, 0.2) is 0 Å². The summed E-state index contributed by atoms with van der Waals surface area (Å²) in [6.45, 7) is 27.3. The Hall–Kier alpha value is -12.8. The fraction of sp³-hybridized carbons (Fsp3) is 0.150. The molecule has 562 valence electrons. The maximum absolute atomic E-state index is 9.83. The van der Waals surface area contributed by atoms with Gasteiger partial charge in [-0.15, -0.1) is 0 Å². The van der Waals surface area contributed by atoms with Crippen LogP contribution in [0.15, 0.2) is 370 Å². The standard InChI is InChI=1S/C113H97BN2/c1-109(2,3)87-63-83(64-88(69-87)110(4,5)6)84-67-103-106-104(68-84)116(108-96(79-45-28-17-29-46-79)72-90(112(10,11)12)73-97(108)80-47-30-18-31-48-80)102-66-82(91-52-36-53-93-92-51-34-35-54-98(92)113(105(91)93,85-49-32-19-33-50-85)86-59-55-76(56-60-86)74-37-20-13-21-38-74)58-62-100(102)114(106)99-61-57-81(75-39-22-14-23-40-75)65-101(99)115(103)107-94(77-41-24-15-25-42-77)70-89(111(7,8)9)71-95(107)78-43-26-16-27-44-78/h13-73H,1-12H3/i14D,22D,23D,39D,40D. The van der Waals surface area contributed by atoms with Gasteiger partial charge in [-0.25, -0.2) is 0 Å². The lowest BCUT2D eigenvalue weighted by molar-refractivity contribution is 0.569. The second-order valence-corrected chi connectivity index (χ2v) is 36.0. The Morgan fingerprint density at radius 1 is 0.250 bits per heavy atom. The SMILES string of the molecule is [2H]c1c([2H])c([2H])c(-c2ccc3c(c2)N(c2c(-c4ccccc4)cc(C(C)(C)C)cc2-c2ccccc2)c2cc(-c4cc(C(C)(C)C)cc(C(C)(C)C)c4)cc4c2B3c2ccc(-c3cccc5c3C(c3ccccc3)(c3ccc(-c6ccccc6)cc3)c3ccccc3-5)cc2N4c2c(-c3ccccc3)cc(C(C)(C)C)cc2-c2ccccc2)c([2H])c1[2H]. The highest BCUT2D eigenvalue weighted by Gasteiger charge is 2.50. The third kappa shape index (κ3) is 12.6. The fourth-order valence-corrected chi connectivity index (χ4v) is 18.6. The molecule has 2 aliphatic heterocycles. The van der Waals surface area contributed by atoms with Crippen LogP contribution in [0.25, 0.3) is 100 Å². The smallest absolute Gasteiger partial charge is 0.252 e. The Morgan fingerprint density at radius 3 is 1.05 bits per heavy atom. The first-order valence-electron chi connectivity index (χ1n) is 43.5. The first-order valence-corrected chi connectivity index (χ1v) is 41.0. The van der Waals surface area contributed by atoms with Gasteiger partial charge in [0.1, 0.15) is 0 Å². The fourth-order valence-electron chi connectivity index (χ4n) is 18.6. The van der Waals surface area contributed by atoms with Crippen molar-refractivity contribution in [1.82, 2.24) is 0 Å². The van der Waals surface area contributed by atoms with Crippen LogP contribution < -0.4 is 26.2 Å². The van der Waals surface area contributed by atoms with Crippen LogP contribution in [0.3, 0.4) is 0 Å². The molecule has 2 heterocycles. The van der Waals surface area contributed by atoms with Crippen molar-refractivity contribution in [3.05, 3.63) is 414 Å². The summed E-state index contributed by atoms with van der Waals surface area (Å²) in [5, 5.41) is 0. The van der Waals surface area contributed by atoms with E-state index in [1.54, 1.807) is 0 Å². The molecule has 0 radical (unpaired) electrons. The van der Waals surface area contributed by atoms with Crippen molar-refractivity contribution in [3.8, 4) is 100 Å². The van der Waals surface area contributed by atoms with Gasteiger partial charge in [0.2, 0.25) is 0 Å². The summed E-state index contributed by atoms with van der Waals surface area (Å²) in [4.78, 5) is 5.21. The lowest BCUT2D eigenvalue weighted by Gasteiger charge is -2.46. The second kappa shape index (κ2) is 28.3. The van der Waals surface area contributed by atoms with Gasteiger partial charge in [-0.05, 0) is 209 Å². The van der Waals surface area contributed by atoms with E-state index in [1.807, 2.05) is 6.07 Å². The molecule has 19 rings (SSSR count). The highest BCUT2D eigenvalue weighted by molar-refractivity contribution is 7.00. The van der Waals surface area contributed by atoms with Crippen LogP contribution >= 0.6 is 0 Å². The number of rotatable bonds is 12. The number of benzene rings is 16.